The lowest BCUT2D eigenvalue weighted by atomic mass is 10.3. The van der Waals surface area contributed by atoms with E-state index in [-0.39, 0.29) is 5.56 Å². The van der Waals surface area contributed by atoms with Crippen LogP contribution in [-0.2, 0) is 6.54 Å². The van der Waals surface area contributed by atoms with Crippen LogP contribution >= 0.6 is 0 Å². The molecule has 0 aromatic carbocycles. The Morgan fingerprint density at radius 2 is 2.46 bits per heavy atom. The van der Waals surface area contributed by atoms with Crippen LogP contribution in [-0.4, -0.2) is 14.8 Å². The average Bonchev–Trinajstić information content (AvgIpc) is 2.51. The van der Waals surface area contributed by atoms with Crippen molar-refractivity contribution in [2.75, 3.05) is 0 Å². The van der Waals surface area contributed by atoms with E-state index >= 15 is 0 Å². The molecule has 13 heavy (non-hydrogen) atoms. The van der Waals surface area contributed by atoms with Gasteiger partial charge in [-0.1, -0.05) is 6.92 Å². The summed E-state index contributed by atoms with van der Waals surface area (Å²) < 4.78 is 1.85. The minimum atomic E-state index is -0.0696. The summed E-state index contributed by atoms with van der Waals surface area (Å²) in [5.74, 6) is 0. The lowest BCUT2D eigenvalue weighted by Crippen LogP contribution is -2.04. The Morgan fingerprint density at radius 1 is 1.62 bits per heavy atom. The fourth-order valence-electron chi connectivity index (χ4n) is 1.41. The summed E-state index contributed by atoms with van der Waals surface area (Å²) in [5.41, 5.74) is 0.838. The van der Waals surface area contributed by atoms with Crippen LogP contribution in [0.1, 0.15) is 13.3 Å². The molecule has 0 atom stereocenters. The van der Waals surface area contributed by atoms with Gasteiger partial charge in [0, 0.05) is 12.7 Å². The predicted octanol–water partition coefficient (Wildman–Crippen LogP) is 1.13. The van der Waals surface area contributed by atoms with Crippen molar-refractivity contribution in [2.45, 2.75) is 19.9 Å². The monoisotopic (exact) mass is 177 g/mol. The van der Waals surface area contributed by atoms with Gasteiger partial charge in [-0.3, -0.25) is 9.48 Å². The summed E-state index contributed by atoms with van der Waals surface area (Å²) in [5, 5.41) is 4.81. The van der Waals surface area contributed by atoms with E-state index in [1.165, 1.54) is 0 Å². The van der Waals surface area contributed by atoms with Crippen LogP contribution in [0.5, 0.6) is 0 Å². The maximum atomic E-state index is 11.3. The molecule has 0 radical (unpaired) electrons. The van der Waals surface area contributed by atoms with Gasteiger partial charge in [-0.15, -0.1) is 0 Å². The largest absolute Gasteiger partial charge is 0.328 e. The number of aryl methyl sites for hydroxylation is 1. The van der Waals surface area contributed by atoms with Crippen LogP contribution in [0.25, 0.3) is 10.9 Å². The van der Waals surface area contributed by atoms with Gasteiger partial charge in [-0.2, -0.15) is 5.10 Å². The molecule has 0 spiro atoms. The highest BCUT2D eigenvalue weighted by atomic mass is 16.1. The minimum Gasteiger partial charge on any atom is -0.328 e. The number of aromatic amines is 1. The molecule has 2 aromatic heterocycles. The van der Waals surface area contributed by atoms with E-state index in [9.17, 15) is 4.79 Å². The van der Waals surface area contributed by atoms with Crippen LogP contribution in [0.3, 0.4) is 0 Å². The van der Waals surface area contributed by atoms with Crippen LogP contribution < -0.4 is 5.56 Å². The molecule has 1 N–H and O–H groups in total. The van der Waals surface area contributed by atoms with E-state index in [0.717, 1.165) is 18.5 Å². The van der Waals surface area contributed by atoms with Gasteiger partial charge in [0.2, 0.25) is 0 Å². The molecule has 4 heteroatoms. The standard InChI is InChI=1S/C9H11N3O/c1-2-5-12-8-3-4-10-9(13)7(8)6-11-12/h3-4,6H,2,5H2,1H3,(H,10,13). The summed E-state index contributed by atoms with van der Waals surface area (Å²) in [6, 6.07) is 1.87. The van der Waals surface area contributed by atoms with Crippen molar-refractivity contribution in [3.63, 3.8) is 0 Å². The molecule has 0 aliphatic heterocycles. The molecular formula is C9H11N3O. The zero-order chi connectivity index (χ0) is 9.26. The van der Waals surface area contributed by atoms with Crippen molar-refractivity contribution in [1.29, 1.82) is 0 Å². The molecule has 0 aliphatic rings. The highest BCUT2D eigenvalue weighted by Gasteiger charge is 2.03. The predicted molar refractivity (Wildman–Crippen MR) is 50.6 cm³/mol. The van der Waals surface area contributed by atoms with E-state index in [1.807, 2.05) is 10.7 Å². The maximum Gasteiger partial charge on any atom is 0.259 e. The first kappa shape index (κ1) is 8.04. The Hall–Kier alpha value is -1.58. The summed E-state index contributed by atoms with van der Waals surface area (Å²) in [6.07, 6.45) is 4.28. The number of H-pyrrole nitrogens is 1. The molecule has 0 amide bonds. The van der Waals surface area contributed by atoms with Gasteiger partial charge in [0.15, 0.2) is 0 Å². The average molecular weight is 177 g/mol. The number of rotatable bonds is 2. The normalized spacial score (nSPS) is 10.8. The van der Waals surface area contributed by atoms with Crippen molar-refractivity contribution >= 4 is 10.9 Å². The van der Waals surface area contributed by atoms with E-state index < -0.39 is 0 Å². The smallest absolute Gasteiger partial charge is 0.259 e. The van der Waals surface area contributed by atoms with Crippen molar-refractivity contribution in [3.05, 3.63) is 28.8 Å². The SMILES string of the molecule is CCCn1ncc2c(=O)[nH]ccc21. The second-order valence-corrected chi connectivity index (χ2v) is 2.97. The molecule has 2 aromatic rings. The number of nitrogens with one attached hydrogen (secondary N) is 1. The van der Waals surface area contributed by atoms with Crippen molar-refractivity contribution < 1.29 is 0 Å². The van der Waals surface area contributed by atoms with Crippen LogP contribution in [0.4, 0.5) is 0 Å². The van der Waals surface area contributed by atoms with E-state index in [2.05, 4.69) is 17.0 Å². The third kappa shape index (κ3) is 1.24. The molecule has 2 heterocycles. The Bertz CT molecular complexity index is 469. The van der Waals surface area contributed by atoms with Gasteiger partial charge in [-0.05, 0) is 12.5 Å². The van der Waals surface area contributed by atoms with E-state index in [1.54, 1.807) is 12.4 Å². The highest BCUT2D eigenvalue weighted by Crippen LogP contribution is 2.07. The molecule has 0 saturated carbocycles. The first-order valence-electron chi connectivity index (χ1n) is 4.36. The van der Waals surface area contributed by atoms with Crippen LogP contribution in [0, 0.1) is 0 Å². The summed E-state index contributed by atoms with van der Waals surface area (Å²) >= 11 is 0. The summed E-state index contributed by atoms with van der Waals surface area (Å²) in [4.78, 5) is 13.9. The Labute approximate surface area is 75.2 Å². The second-order valence-electron chi connectivity index (χ2n) is 2.97. The van der Waals surface area contributed by atoms with Gasteiger partial charge in [0.1, 0.15) is 0 Å². The van der Waals surface area contributed by atoms with Crippen LogP contribution in [0.15, 0.2) is 23.3 Å². The number of hydrogen-bond donors (Lipinski definition) is 1. The molecule has 0 aliphatic carbocycles. The number of aromatic nitrogens is 3. The number of nitrogens with zero attached hydrogens (tertiary/aromatic N) is 2. The molecule has 0 unspecified atom stereocenters. The molecule has 0 saturated heterocycles. The van der Waals surface area contributed by atoms with Crippen molar-refractivity contribution in [1.82, 2.24) is 14.8 Å². The van der Waals surface area contributed by atoms with Gasteiger partial charge in [0.25, 0.3) is 5.56 Å². The highest BCUT2D eigenvalue weighted by molar-refractivity contribution is 5.76. The van der Waals surface area contributed by atoms with E-state index in [0.29, 0.717) is 5.39 Å². The van der Waals surface area contributed by atoms with Gasteiger partial charge >= 0.3 is 0 Å². The van der Waals surface area contributed by atoms with Crippen LogP contribution in [0.2, 0.25) is 0 Å². The Balaban J connectivity index is 2.68. The zero-order valence-electron chi connectivity index (χ0n) is 7.45. The molecule has 4 nitrogen and oxygen atoms in total. The number of pyridine rings is 1. The van der Waals surface area contributed by atoms with Crippen molar-refractivity contribution in [2.24, 2.45) is 0 Å². The lowest BCUT2D eigenvalue weighted by Gasteiger charge is -1.98. The second kappa shape index (κ2) is 3.05. The molecule has 2 rings (SSSR count). The molecule has 68 valence electrons. The lowest BCUT2D eigenvalue weighted by molar-refractivity contribution is 0.622. The number of hydrogen-bond acceptors (Lipinski definition) is 2. The van der Waals surface area contributed by atoms with Crippen molar-refractivity contribution in [3.8, 4) is 0 Å². The fraction of sp³-hybridized carbons (Fsp3) is 0.333. The van der Waals surface area contributed by atoms with Gasteiger partial charge in [0.05, 0.1) is 17.1 Å². The van der Waals surface area contributed by atoms with Gasteiger partial charge < -0.3 is 4.98 Å². The summed E-state index contributed by atoms with van der Waals surface area (Å²) in [6.45, 7) is 2.94. The Morgan fingerprint density at radius 3 is 3.23 bits per heavy atom. The maximum absolute atomic E-state index is 11.3. The Kier molecular flexibility index (Phi) is 1.88. The third-order valence-corrected chi connectivity index (χ3v) is 2.02. The summed E-state index contributed by atoms with van der Waals surface area (Å²) in [7, 11) is 0. The van der Waals surface area contributed by atoms with E-state index in [4.69, 9.17) is 0 Å². The fourth-order valence-corrected chi connectivity index (χ4v) is 1.41. The molecule has 0 bridgehead atoms. The topological polar surface area (TPSA) is 50.7 Å². The minimum absolute atomic E-state index is 0.0696. The first-order valence-corrected chi connectivity index (χ1v) is 4.36. The quantitative estimate of drug-likeness (QED) is 0.747. The molecule has 0 fully saturated rings. The van der Waals surface area contributed by atoms with Gasteiger partial charge in [-0.25, -0.2) is 0 Å². The number of fused-ring (bicyclic) bond motifs is 1. The first-order chi connectivity index (χ1) is 6.33. The third-order valence-electron chi connectivity index (χ3n) is 2.02. The zero-order valence-corrected chi connectivity index (χ0v) is 7.45. The molecular weight excluding hydrogens is 166 g/mol.